The number of rotatable bonds is 3. The first-order valence-electron chi connectivity index (χ1n) is 11.0. The standard InChI is InChI=1S/C22H29N3O4/c26-20-22(9-2-1-3-10-22)23-21(27)25(20)15-24-11-4-6-17(24)16-7-8-18-19(14-16)29-13-5-12-28-18/h7-8,14,17H,1-6,9-13,15H2,(H,23,27)/p+1/t17-/m0/s1. The van der Waals surface area contributed by atoms with Gasteiger partial charge in [0.05, 0.1) is 19.8 Å². The van der Waals surface area contributed by atoms with Crippen LogP contribution in [0.2, 0.25) is 0 Å². The van der Waals surface area contributed by atoms with Crippen LogP contribution in [0, 0.1) is 0 Å². The number of carbonyl (C=O) groups is 2. The van der Waals surface area contributed by atoms with Crippen molar-refractivity contribution in [3.05, 3.63) is 23.8 Å². The number of imide groups is 1. The van der Waals surface area contributed by atoms with E-state index in [1.165, 1.54) is 15.4 Å². The van der Waals surface area contributed by atoms with Gasteiger partial charge in [-0.3, -0.25) is 4.79 Å². The van der Waals surface area contributed by atoms with Crippen molar-refractivity contribution >= 4 is 11.9 Å². The summed E-state index contributed by atoms with van der Waals surface area (Å²) in [6.45, 7) is 2.75. The summed E-state index contributed by atoms with van der Waals surface area (Å²) < 4.78 is 11.6. The Morgan fingerprint density at radius 2 is 1.83 bits per heavy atom. The Bertz CT molecular complexity index is 805. The summed E-state index contributed by atoms with van der Waals surface area (Å²) in [6, 6.07) is 6.24. The van der Waals surface area contributed by atoms with Crippen molar-refractivity contribution in [2.24, 2.45) is 0 Å². The largest absolute Gasteiger partial charge is 0.490 e. The zero-order valence-electron chi connectivity index (χ0n) is 16.9. The van der Waals surface area contributed by atoms with Crippen LogP contribution in [0.15, 0.2) is 18.2 Å². The smallest absolute Gasteiger partial charge is 0.329 e. The number of ether oxygens (including phenoxy) is 2. The number of carbonyl (C=O) groups excluding carboxylic acids is 2. The number of quaternary nitrogens is 1. The molecule has 0 bridgehead atoms. The molecule has 1 aliphatic carbocycles. The van der Waals surface area contributed by atoms with Gasteiger partial charge in [0.15, 0.2) is 18.2 Å². The van der Waals surface area contributed by atoms with E-state index in [2.05, 4.69) is 17.4 Å². The minimum Gasteiger partial charge on any atom is -0.490 e. The van der Waals surface area contributed by atoms with E-state index in [4.69, 9.17) is 9.47 Å². The van der Waals surface area contributed by atoms with Crippen molar-refractivity contribution in [3.63, 3.8) is 0 Å². The lowest BCUT2D eigenvalue weighted by Gasteiger charge is -2.31. The third kappa shape index (κ3) is 3.35. The highest BCUT2D eigenvalue weighted by Crippen LogP contribution is 2.35. The number of fused-ring (bicyclic) bond motifs is 1. The Morgan fingerprint density at radius 3 is 2.66 bits per heavy atom. The molecule has 5 rings (SSSR count). The molecule has 4 aliphatic rings. The van der Waals surface area contributed by atoms with Crippen molar-refractivity contribution in [1.82, 2.24) is 10.2 Å². The molecule has 2 atom stereocenters. The highest BCUT2D eigenvalue weighted by atomic mass is 16.5. The van der Waals surface area contributed by atoms with Crippen molar-refractivity contribution in [1.29, 1.82) is 0 Å². The van der Waals surface area contributed by atoms with Crippen LogP contribution in [0.4, 0.5) is 4.79 Å². The fraction of sp³-hybridized carbons (Fsp3) is 0.636. The number of likely N-dealkylation sites (tertiary alicyclic amines) is 1. The minimum atomic E-state index is -0.640. The van der Waals surface area contributed by atoms with Gasteiger partial charge >= 0.3 is 6.03 Å². The Balaban J connectivity index is 1.33. The summed E-state index contributed by atoms with van der Waals surface area (Å²) in [5, 5.41) is 3.03. The quantitative estimate of drug-likeness (QED) is 0.759. The predicted molar refractivity (Wildman–Crippen MR) is 106 cm³/mol. The van der Waals surface area contributed by atoms with Gasteiger partial charge < -0.3 is 19.7 Å². The monoisotopic (exact) mass is 400 g/mol. The molecular weight excluding hydrogens is 370 g/mol. The number of benzene rings is 1. The van der Waals surface area contributed by atoms with Crippen LogP contribution in [0.25, 0.3) is 0 Å². The van der Waals surface area contributed by atoms with E-state index in [9.17, 15) is 9.59 Å². The summed E-state index contributed by atoms with van der Waals surface area (Å²) >= 11 is 0. The SMILES string of the molecule is O=C1NC2(CCCCC2)C(=O)N1C[NH+]1CCC[C@H]1c1ccc2c(c1)OCCCO2. The maximum atomic E-state index is 13.1. The van der Waals surface area contributed by atoms with Crippen molar-refractivity contribution in [2.75, 3.05) is 26.4 Å². The van der Waals surface area contributed by atoms with Crippen LogP contribution in [-0.4, -0.2) is 48.8 Å². The van der Waals surface area contributed by atoms with Gasteiger partial charge in [0.1, 0.15) is 11.6 Å². The third-order valence-corrected chi connectivity index (χ3v) is 6.97. The van der Waals surface area contributed by atoms with Gasteiger partial charge in [0.2, 0.25) is 0 Å². The molecule has 1 unspecified atom stereocenters. The van der Waals surface area contributed by atoms with E-state index in [-0.39, 0.29) is 18.0 Å². The second-order valence-corrected chi connectivity index (χ2v) is 8.82. The normalized spacial score (nSPS) is 28.5. The van der Waals surface area contributed by atoms with Crippen molar-refractivity contribution in [2.45, 2.75) is 62.9 Å². The van der Waals surface area contributed by atoms with E-state index in [0.717, 1.165) is 69.4 Å². The Morgan fingerprint density at radius 1 is 1.03 bits per heavy atom. The van der Waals surface area contributed by atoms with Crippen LogP contribution in [0.5, 0.6) is 11.5 Å². The van der Waals surface area contributed by atoms with E-state index < -0.39 is 5.54 Å². The van der Waals surface area contributed by atoms with Gasteiger partial charge in [-0.2, -0.15) is 0 Å². The number of hydrogen-bond donors (Lipinski definition) is 2. The number of nitrogens with zero attached hydrogens (tertiary/aromatic N) is 1. The van der Waals surface area contributed by atoms with Crippen molar-refractivity contribution in [3.8, 4) is 11.5 Å². The van der Waals surface area contributed by atoms with E-state index in [1.807, 2.05) is 6.07 Å². The summed E-state index contributed by atoms with van der Waals surface area (Å²) in [5.74, 6) is 1.60. The predicted octanol–water partition coefficient (Wildman–Crippen LogP) is 1.78. The molecule has 156 valence electrons. The first kappa shape index (κ1) is 18.7. The number of urea groups is 1. The average molecular weight is 400 g/mol. The van der Waals surface area contributed by atoms with Gasteiger partial charge in [-0.15, -0.1) is 0 Å². The maximum absolute atomic E-state index is 13.1. The molecule has 0 aromatic heterocycles. The first-order valence-corrected chi connectivity index (χ1v) is 11.0. The number of amides is 3. The molecule has 1 aromatic carbocycles. The second-order valence-electron chi connectivity index (χ2n) is 8.82. The second kappa shape index (κ2) is 7.52. The molecule has 7 nitrogen and oxygen atoms in total. The molecule has 2 saturated heterocycles. The van der Waals surface area contributed by atoms with Gasteiger partial charge in [0, 0.05) is 24.8 Å². The summed E-state index contributed by atoms with van der Waals surface area (Å²) in [4.78, 5) is 28.6. The Kier molecular flexibility index (Phi) is 4.86. The fourth-order valence-corrected chi connectivity index (χ4v) is 5.42. The highest BCUT2D eigenvalue weighted by Gasteiger charge is 2.52. The minimum absolute atomic E-state index is 0.0148. The van der Waals surface area contributed by atoms with Crippen LogP contribution in [0.1, 0.15) is 63.0 Å². The first-order chi connectivity index (χ1) is 14.2. The Labute approximate surface area is 171 Å². The van der Waals surface area contributed by atoms with E-state index >= 15 is 0 Å². The Hall–Kier alpha value is -2.28. The molecular formula is C22H30N3O4+. The zero-order chi connectivity index (χ0) is 19.8. The van der Waals surface area contributed by atoms with Crippen LogP contribution >= 0.6 is 0 Å². The lowest BCUT2D eigenvalue weighted by molar-refractivity contribution is -0.925. The summed E-state index contributed by atoms with van der Waals surface area (Å²) in [6.07, 6.45) is 7.73. The van der Waals surface area contributed by atoms with Gasteiger partial charge in [-0.25, -0.2) is 9.69 Å². The van der Waals surface area contributed by atoms with Crippen molar-refractivity contribution < 1.29 is 24.0 Å². The summed E-state index contributed by atoms with van der Waals surface area (Å²) in [7, 11) is 0. The van der Waals surface area contributed by atoms with Crippen LogP contribution < -0.4 is 19.7 Å². The summed E-state index contributed by atoms with van der Waals surface area (Å²) in [5.41, 5.74) is 0.556. The van der Waals surface area contributed by atoms with E-state index in [0.29, 0.717) is 19.9 Å². The molecule has 3 amide bonds. The molecule has 3 aliphatic heterocycles. The molecule has 1 spiro atoms. The average Bonchev–Trinajstić information content (AvgIpc) is 3.17. The van der Waals surface area contributed by atoms with Gasteiger partial charge in [-0.05, 0) is 31.0 Å². The van der Waals surface area contributed by atoms with Crippen LogP contribution in [-0.2, 0) is 4.79 Å². The number of nitrogens with one attached hydrogen (secondary N) is 2. The molecule has 3 heterocycles. The molecule has 1 saturated carbocycles. The highest BCUT2D eigenvalue weighted by molar-refractivity contribution is 6.06. The zero-order valence-corrected chi connectivity index (χ0v) is 16.9. The topological polar surface area (TPSA) is 72.3 Å². The molecule has 1 aromatic rings. The molecule has 2 N–H and O–H groups in total. The van der Waals surface area contributed by atoms with Crippen LogP contribution in [0.3, 0.4) is 0 Å². The third-order valence-electron chi connectivity index (χ3n) is 6.97. The lowest BCUT2D eigenvalue weighted by Crippen LogP contribution is -3.12. The van der Waals surface area contributed by atoms with Gasteiger partial charge in [0.25, 0.3) is 5.91 Å². The number of hydrogen-bond acceptors (Lipinski definition) is 4. The molecule has 29 heavy (non-hydrogen) atoms. The maximum Gasteiger partial charge on any atom is 0.329 e. The van der Waals surface area contributed by atoms with E-state index in [1.54, 1.807) is 0 Å². The fourth-order valence-electron chi connectivity index (χ4n) is 5.42. The molecule has 0 radical (unpaired) electrons. The molecule has 3 fully saturated rings. The van der Waals surface area contributed by atoms with Gasteiger partial charge in [-0.1, -0.05) is 19.3 Å². The molecule has 7 heteroatoms. The lowest BCUT2D eigenvalue weighted by atomic mass is 9.82.